The Labute approximate surface area is 149 Å². The molecule has 0 bridgehead atoms. The second-order valence-corrected chi connectivity index (χ2v) is 9.79. The molecule has 4 aliphatic carbocycles. The zero-order valence-corrected chi connectivity index (χ0v) is 15.6. The Hall–Kier alpha value is -0.980. The van der Waals surface area contributed by atoms with Crippen LogP contribution in [0.3, 0.4) is 0 Å². The van der Waals surface area contributed by atoms with E-state index in [9.17, 15) is 13.2 Å². The van der Waals surface area contributed by atoms with E-state index in [1.165, 1.54) is 5.57 Å². The van der Waals surface area contributed by atoms with Crippen molar-refractivity contribution in [1.82, 2.24) is 0 Å². The molecule has 6 atom stereocenters. The van der Waals surface area contributed by atoms with E-state index in [1.807, 2.05) is 6.08 Å². The van der Waals surface area contributed by atoms with Crippen LogP contribution in [0.2, 0.25) is 0 Å². The second kappa shape index (κ2) is 5.51. The standard InChI is InChI=1S/C19H26O5S/c1-18-9-7-13(20)11-12(18)3-4-14-15-5-6-17(24-25(21,22)23)19(15,2)10-8-16(14)18/h7,9,11,14-17H,3-6,8,10H2,1-2H3,(H,21,22,23). The van der Waals surface area contributed by atoms with E-state index in [-0.39, 0.29) is 16.6 Å². The lowest BCUT2D eigenvalue weighted by molar-refractivity contribution is -0.111. The van der Waals surface area contributed by atoms with Gasteiger partial charge in [-0.25, -0.2) is 4.18 Å². The highest BCUT2D eigenvalue weighted by Crippen LogP contribution is 2.64. The molecule has 0 spiro atoms. The fraction of sp³-hybridized carbons (Fsp3) is 0.737. The summed E-state index contributed by atoms with van der Waals surface area (Å²) in [5, 5.41) is 0. The molecule has 6 unspecified atom stereocenters. The van der Waals surface area contributed by atoms with E-state index in [4.69, 9.17) is 8.74 Å². The van der Waals surface area contributed by atoms with Crippen LogP contribution in [-0.2, 0) is 19.4 Å². The minimum absolute atomic E-state index is 0.0554. The number of carbonyl (C=O) groups excluding carboxylic acids is 1. The van der Waals surface area contributed by atoms with Gasteiger partial charge in [0.15, 0.2) is 5.78 Å². The molecule has 1 N–H and O–H groups in total. The quantitative estimate of drug-likeness (QED) is 0.757. The average Bonchev–Trinajstić information content (AvgIpc) is 2.83. The van der Waals surface area contributed by atoms with E-state index >= 15 is 0 Å². The fourth-order valence-corrected chi connectivity index (χ4v) is 7.06. The van der Waals surface area contributed by atoms with Gasteiger partial charge in [0.05, 0.1) is 6.10 Å². The molecule has 0 saturated heterocycles. The van der Waals surface area contributed by atoms with Gasteiger partial charge in [0.25, 0.3) is 0 Å². The molecule has 138 valence electrons. The van der Waals surface area contributed by atoms with Gasteiger partial charge in [-0.15, -0.1) is 0 Å². The molecule has 3 fully saturated rings. The van der Waals surface area contributed by atoms with Crippen molar-refractivity contribution in [2.24, 2.45) is 28.6 Å². The first-order valence-electron chi connectivity index (χ1n) is 9.23. The Balaban J connectivity index is 1.63. The lowest BCUT2D eigenvalue weighted by Crippen LogP contribution is -2.50. The molecule has 0 aliphatic heterocycles. The zero-order valence-electron chi connectivity index (χ0n) is 14.8. The normalized spacial score (nSPS) is 46.2. The van der Waals surface area contributed by atoms with Crippen molar-refractivity contribution in [2.75, 3.05) is 0 Å². The van der Waals surface area contributed by atoms with Gasteiger partial charge in [-0.05, 0) is 73.8 Å². The Morgan fingerprint density at radius 3 is 2.64 bits per heavy atom. The lowest BCUT2D eigenvalue weighted by Gasteiger charge is -2.56. The number of fused-ring (bicyclic) bond motifs is 5. The number of ketones is 1. The summed E-state index contributed by atoms with van der Waals surface area (Å²) < 4.78 is 36.7. The van der Waals surface area contributed by atoms with Gasteiger partial charge < -0.3 is 0 Å². The van der Waals surface area contributed by atoms with Gasteiger partial charge in [0, 0.05) is 5.41 Å². The summed E-state index contributed by atoms with van der Waals surface area (Å²) in [5.74, 6) is 1.49. The van der Waals surface area contributed by atoms with E-state index in [2.05, 4.69) is 19.9 Å². The predicted octanol–water partition coefficient (Wildman–Crippen LogP) is 3.48. The molecular weight excluding hydrogens is 340 g/mol. The Morgan fingerprint density at radius 2 is 1.92 bits per heavy atom. The van der Waals surface area contributed by atoms with Crippen molar-refractivity contribution in [2.45, 2.75) is 58.5 Å². The molecular formula is C19H26O5S. The largest absolute Gasteiger partial charge is 0.397 e. The van der Waals surface area contributed by atoms with Gasteiger partial charge in [-0.2, -0.15) is 8.42 Å². The average molecular weight is 366 g/mol. The first-order chi connectivity index (χ1) is 11.6. The van der Waals surface area contributed by atoms with E-state index in [1.54, 1.807) is 6.08 Å². The summed E-state index contributed by atoms with van der Waals surface area (Å²) in [4.78, 5) is 11.8. The number of hydrogen-bond donors (Lipinski definition) is 1. The fourth-order valence-electron chi connectivity index (χ4n) is 6.45. The monoisotopic (exact) mass is 366 g/mol. The number of allylic oxidation sites excluding steroid dienone is 4. The molecule has 5 nitrogen and oxygen atoms in total. The van der Waals surface area contributed by atoms with Crippen LogP contribution in [0.4, 0.5) is 0 Å². The maximum absolute atomic E-state index is 11.8. The molecule has 0 heterocycles. The number of hydrogen-bond acceptors (Lipinski definition) is 4. The topological polar surface area (TPSA) is 80.7 Å². The van der Waals surface area contributed by atoms with Crippen LogP contribution in [0, 0.1) is 28.6 Å². The number of carbonyl (C=O) groups is 1. The molecule has 0 aromatic heterocycles. The van der Waals surface area contributed by atoms with E-state index in [0.29, 0.717) is 24.2 Å². The van der Waals surface area contributed by atoms with Crippen LogP contribution in [0.5, 0.6) is 0 Å². The molecule has 25 heavy (non-hydrogen) atoms. The van der Waals surface area contributed by atoms with Gasteiger partial charge in [-0.3, -0.25) is 9.35 Å². The van der Waals surface area contributed by atoms with Crippen LogP contribution in [0.1, 0.15) is 52.4 Å². The molecule has 6 heteroatoms. The highest BCUT2D eigenvalue weighted by molar-refractivity contribution is 7.80. The molecule has 0 amide bonds. The van der Waals surface area contributed by atoms with Crippen molar-refractivity contribution in [1.29, 1.82) is 0 Å². The minimum Gasteiger partial charge on any atom is -0.290 e. The third-order valence-corrected chi connectivity index (χ3v) is 8.18. The SMILES string of the molecule is CC12C=CC(=O)C=C1CCC1C2CCC2(C)C(OS(=O)(=O)O)CCC12. The number of rotatable bonds is 2. The molecule has 4 aliphatic rings. The molecule has 0 aromatic carbocycles. The highest BCUT2D eigenvalue weighted by atomic mass is 32.3. The van der Waals surface area contributed by atoms with E-state index in [0.717, 1.165) is 32.1 Å². The Kier molecular flexibility index (Phi) is 3.84. The maximum atomic E-state index is 11.8. The minimum atomic E-state index is -4.42. The summed E-state index contributed by atoms with van der Waals surface area (Å²) in [6.07, 6.45) is 10.7. The third kappa shape index (κ3) is 2.64. The smallest absolute Gasteiger partial charge is 0.290 e. The van der Waals surface area contributed by atoms with Gasteiger partial charge >= 0.3 is 10.4 Å². The molecule has 3 saturated carbocycles. The third-order valence-electron chi connectivity index (χ3n) is 7.71. The molecule has 0 radical (unpaired) electrons. The second-order valence-electron chi connectivity index (χ2n) is 8.74. The lowest BCUT2D eigenvalue weighted by atomic mass is 9.48. The maximum Gasteiger partial charge on any atom is 0.397 e. The molecule has 4 rings (SSSR count). The van der Waals surface area contributed by atoms with Crippen LogP contribution >= 0.6 is 0 Å². The summed E-state index contributed by atoms with van der Waals surface area (Å²) in [7, 11) is -4.42. The summed E-state index contributed by atoms with van der Waals surface area (Å²) in [6.45, 7) is 4.38. The van der Waals surface area contributed by atoms with Crippen LogP contribution < -0.4 is 0 Å². The van der Waals surface area contributed by atoms with E-state index < -0.39 is 16.5 Å². The summed E-state index contributed by atoms with van der Waals surface area (Å²) in [6, 6.07) is 0. The van der Waals surface area contributed by atoms with Crippen molar-refractivity contribution in [3.05, 3.63) is 23.8 Å². The Morgan fingerprint density at radius 1 is 1.16 bits per heavy atom. The van der Waals surface area contributed by atoms with Crippen molar-refractivity contribution in [3.8, 4) is 0 Å². The van der Waals surface area contributed by atoms with Crippen molar-refractivity contribution in [3.63, 3.8) is 0 Å². The van der Waals surface area contributed by atoms with Crippen LogP contribution in [0.25, 0.3) is 0 Å². The Bertz CT molecular complexity index is 767. The summed E-state index contributed by atoms with van der Waals surface area (Å²) in [5.41, 5.74) is 0.997. The van der Waals surface area contributed by atoms with Crippen molar-refractivity contribution >= 4 is 16.2 Å². The summed E-state index contributed by atoms with van der Waals surface area (Å²) >= 11 is 0. The zero-order chi connectivity index (χ0) is 18.0. The highest BCUT2D eigenvalue weighted by Gasteiger charge is 2.59. The van der Waals surface area contributed by atoms with Gasteiger partial charge in [0.2, 0.25) is 0 Å². The van der Waals surface area contributed by atoms with Crippen LogP contribution in [0.15, 0.2) is 23.8 Å². The predicted molar refractivity (Wildman–Crippen MR) is 93.0 cm³/mol. The molecule has 0 aromatic rings. The first kappa shape index (κ1) is 17.4. The van der Waals surface area contributed by atoms with Crippen LogP contribution in [-0.4, -0.2) is 24.9 Å². The van der Waals surface area contributed by atoms with Gasteiger partial charge in [-0.1, -0.05) is 25.5 Å². The van der Waals surface area contributed by atoms with Crippen molar-refractivity contribution < 1.29 is 21.9 Å². The van der Waals surface area contributed by atoms with Gasteiger partial charge in [0.1, 0.15) is 0 Å². The first-order valence-corrected chi connectivity index (χ1v) is 10.6.